The molecule has 2 aromatic carbocycles. The van der Waals surface area contributed by atoms with Gasteiger partial charge in [0, 0.05) is 6.54 Å². The van der Waals surface area contributed by atoms with Gasteiger partial charge in [-0.1, -0.05) is 57.2 Å². The van der Waals surface area contributed by atoms with Gasteiger partial charge < -0.3 is 9.15 Å². The normalized spacial score (nSPS) is 12.2. The Bertz CT molecular complexity index is 1020. The van der Waals surface area contributed by atoms with Gasteiger partial charge in [0.25, 0.3) is 0 Å². The Morgan fingerprint density at radius 1 is 0.931 bits per heavy atom. The molecule has 6 heteroatoms. The summed E-state index contributed by atoms with van der Waals surface area (Å²) in [5.74, 6) is 0.770. The Morgan fingerprint density at radius 3 is 2.31 bits per heavy atom. The van der Waals surface area contributed by atoms with E-state index >= 15 is 0 Å². The Hall–Kier alpha value is -2.41. The van der Waals surface area contributed by atoms with Crippen molar-refractivity contribution < 1.29 is 17.6 Å². The summed E-state index contributed by atoms with van der Waals surface area (Å²) in [6.07, 6.45) is 1.61. The first kappa shape index (κ1) is 21.3. The number of hydrogen-bond acceptors (Lipinski definition) is 4. The second-order valence-electron chi connectivity index (χ2n) is 7.99. The number of hydrogen-bond donors (Lipinski definition) is 1. The van der Waals surface area contributed by atoms with E-state index in [1.165, 1.54) is 0 Å². The first-order chi connectivity index (χ1) is 13.7. The maximum Gasteiger partial charge on any atom is 0.240 e. The maximum atomic E-state index is 12.6. The van der Waals surface area contributed by atoms with Crippen LogP contribution in [0.3, 0.4) is 0 Å². The fourth-order valence-corrected chi connectivity index (χ4v) is 3.91. The third-order valence-corrected chi connectivity index (χ3v) is 6.00. The smallest absolute Gasteiger partial charge is 0.240 e. The summed E-state index contributed by atoms with van der Waals surface area (Å²) in [6.45, 7) is 7.33. The highest BCUT2D eigenvalue weighted by atomic mass is 32.2. The van der Waals surface area contributed by atoms with Crippen LogP contribution in [-0.4, -0.2) is 8.42 Å². The standard InChI is InChI=1S/C23H27NO4S/c1-23(2,3)20-9-11-22(12-10-20)29(25,26)24-15-18-6-4-7-19(14-18)16-27-17-21-8-5-13-28-21/h4-14,24H,15-17H2,1-3H3. The Balaban J connectivity index is 1.58. The lowest BCUT2D eigenvalue weighted by Gasteiger charge is -2.19. The largest absolute Gasteiger partial charge is 0.467 e. The minimum absolute atomic E-state index is 0.0187. The van der Waals surface area contributed by atoms with Crippen molar-refractivity contribution >= 4 is 10.0 Å². The zero-order valence-electron chi connectivity index (χ0n) is 17.0. The highest BCUT2D eigenvalue weighted by molar-refractivity contribution is 7.89. The SMILES string of the molecule is CC(C)(C)c1ccc(S(=O)(=O)NCc2cccc(COCc3ccco3)c2)cc1. The van der Waals surface area contributed by atoms with E-state index in [4.69, 9.17) is 9.15 Å². The molecular weight excluding hydrogens is 386 g/mol. The third kappa shape index (κ3) is 6.03. The molecule has 29 heavy (non-hydrogen) atoms. The van der Waals surface area contributed by atoms with Crippen molar-refractivity contribution in [3.63, 3.8) is 0 Å². The predicted octanol–water partition coefficient (Wildman–Crippen LogP) is 4.77. The molecule has 1 aromatic heterocycles. The molecule has 0 bridgehead atoms. The van der Waals surface area contributed by atoms with Gasteiger partial charge in [-0.2, -0.15) is 0 Å². The lowest BCUT2D eigenvalue weighted by Crippen LogP contribution is -2.23. The molecule has 0 aliphatic carbocycles. The lowest BCUT2D eigenvalue weighted by atomic mass is 9.87. The Kier molecular flexibility index (Phi) is 6.57. The Morgan fingerprint density at radius 2 is 1.66 bits per heavy atom. The van der Waals surface area contributed by atoms with Crippen molar-refractivity contribution in [3.05, 3.63) is 89.4 Å². The lowest BCUT2D eigenvalue weighted by molar-refractivity contribution is 0.0929. The summed E-state index contributed by atoms with van der Waals surface area (Å²) < 4.78 is 38.8. The molecule has 0 amide bonds. The summed E-state index contributed by atoms with van der Waals surface area (Å²) in [4.78, 5) is 0.267. The molecule has 1 heterocycles. The highest BCUT2D eigenvalue weighted by Gasteiger charge is 2.17. The van der Waals surface area contributed by atoms with Crippen LogP contribution in [0.25, 0.3) is 0 Å². The molecular formula is C23H27NO4S. The van der Waals surface area contributed by atoms with E-state index < -0.39 is 10.0 Å². The minimum atomic E-state index is -3.57. The van der Waals surface area contributed by atoms with Gasteiger partial charge in [-0.25, -0.2) is 13.1 Å². The van der Waals surface area contributed by atoms with E-state index in [-0.39, 0.29) is 16.9 Å². The predicted molar refractivity (Wildman–Crippen MR) is 113 cm³/mol. The first-order valence-electron chi connectivity index (χ1n) is 9.52. The van der Waals surface area contributed by atoms with E-state index in [1.54, 1.807) is 18.4 Å². The van der Waals surface area contributed by atoms with Crippen LogP contribution in [0.2, 0.25) is 0 Å². The third-order valence-electron chi connectivity index (χ3n) is 4.58. The van der Waals surface area contributed by atoms with Crippen LogP contribution in [0.1, 0.15) is 43.2 Å². The fraction of sp³-hybridized carbons (Fsp3) is 0.304. The van der Waals surface area contributed by atoms with E-state index in [1.807, 2.05) is 48.5 Å². The van der Waals surface area contributed by atoms with E-state index in [2.05, 4.69) is 25.5 Å². The van der Waals surface area contributed by atoms with Gasteiger partial charge >= 0.3 is 0 Å². The van der Waals surface area contributed by atoms with Crippen molar-refractivity contribution in [2.45, 2.75) is 50.8 Å². The summed E-state index contributed by atoms with van der Waals surface area (Å²) in [5.41, 5.74) is 2.93. The van der Waals surface area contributed by atoms with Crippen LogP contribution in [0, 0.1) is 0 Å². The van der Waals surface area contributed by atoms with Crippen LogP contribution < -0.4 is 4.72 Å². The number of rotatable bonds is 8. The minimum Gasteiger partial charge on any atom is -0.467 e. The number of ether oxygens (including phenoxy) is 1. The van der Waals surface area contributed by atoms with Crippen molar-refractivity contribution in [1.82, 2.24) is 4.72 Å². The number of nitrogens with one attached hydrogen (secondary N) is 1. The molecule has 0 unspecified atom stereocenters. The summed E-state index contributed by atoms with van der Waals surface area (Å²) in [5, 5.41) is 0. The molecule has 154 valence electrons. The molecule has 3 aromatic rings. The van der Waals surface area contributed by atoms with Gasteiger partial charge in [0.15, 0.2) is 0 Å². The van der Waals surface area contributed by atoms with Crippen LogP contribution in [0.15, 0.2) is 76.2 Å². The van der Waals surface area contributed by atoms with Gasteiger partial charge in [0.2, 0.25) is 10.0 Å². The highest BCUT2D eigenvalue weighted by Crippen LogP contribution is 2.23. The molecule has 0 fully saturated rings. The van der Waals surface area contributed by atoms with E-state index in [9.17, 15) is 8.42 Å². The molecule has 0 saturated heterocycles. The topological polar surface area (TPSA) is 68.5 Å². The van der Waals surface area contributed by atoms with Crippen LogP contribution in [-0.2, 0) is 39.9 Å². The second kappa shape index (κ2) is 8.95. The monoisotopic (exact) mass is 413 g/mol. The summed E-state index contributed by atoms with van der Waals surface area (Å²) >= 11 is 0. The molecule has 0 radical (unpaired) electrons. The van der Waals surface area contributed by atoms with Crippen LogP contribution in [0.5, 0.6) is 0 Å². The van der Waals surface area contributed by atoms with E-state index in [0.717, 1.165) is 22.5 Å². The van der Waals surface area contributed by atoms with E-state index in [0.29, 0.717) is 13.2 Å². The molecule has 1 N–H and O–H groups in total. The number of sulfonamides is 1. The molecule has 0 aliphatic heterocycles. The molecule has 3 rings (SSSR count). The molecule has 5 nitrogen and oxygen atoms in total. The fourth-order valence-electron chi connectivity index (χ4n) is 2.89. The first-order valence-corrected chi connectivity index (χ1v) is 11.0. The van der Waals surface area contributed by atoms with Crippen molar-refractivity contribution in [1.29, 1.82) is 0 Å². The molecule has 0 aliphatic rings. The maximum absolute atomic E-state index is 12.6. The zero-order chi connectivity index (χ0) is 20.9. The Labute approximate surface area is 172 Å². The van der Waals surface area contributed by atoms with Gasteiger partial charge in [-0.15, -0.1) is 0 Å². The quantitative estimate of drug-likeness (QED) is 0.577. The number of furan rings is 1. The number of benzene rings is 2. The van der Waals surface area contributed by atoms with Gasteiger partial charge in [0.1, 0.15) is 12.4 Å². The van der Waals surface area contributed by atoms with Gasteiger partial charge in [-0.3, -0.25) is 0 Å². The van der Waals surface area contributed by atoms with Gasteiger partial charge in [-0.05, 0) is 46.4 Å². The molecule has 0 spiro atoms. The van der Waals surface area contributed by atoms with Crippen molar-refractivity contribution in [3.8, 4) is 0 Å². The van der Waals surface area contributed by atoms with Gasteiger partial charge in [0.05, 0.1) is 17.8 Å². The second-order valence-corrected chi connectivity index (χ2v) is 9.76. The molecule has 0 saturated carbocycles. The summed E-state index contributed by atoms with van der Waals surface area (Å²) in [7, 11) is -3.57. The zero-order valence-corrected chi connectivity index (χ0v) is 17.8. The summed E-state index contributed by atoms with van der Waals surface area (Å²) in [6, 6.07) is 18.4. The average Bonchev–Trinajstić information content (AvgIpc) is 3.20. The van der Waals surface area contributed by atoms with Crippen LogP contribution in [0.4, 0.5) is 0 Å². The average molecular weight is 414 g/mol. The van der Waals surface area contributed by atoms with Crippen molar-refractivity contribution in [2.75, 3.05) is 0 Å². The molecule has 0 atom stereocenters. The van der Waals surface area contributed by atoms with Crippen LogP contribution >= 0.6 is 0 Å². The van der Waals surface area contributed by atoms with Crippen molar-refractivity contribution in [2.24, 2.45) is 0 Å².